The summed E-state index contributed by atoms with van der Waals surface area (Å²) in [6.45, 7) is 0. The van der Waals surface area contributed by atoms with Crippen LogP contribution in [0.1, 0.15) is 11.1 Å². The van der Waals surface area contributed by atoms with Crippen molar-refractivity contribution in [1.29, 1.82) is 0 Å². The molecule has 1 heterocycles. The standard InChI is InChI=1S/C15H15FN2/c1-18(2)14-7-5-12(6-8-14)3-4-13-9-10-17-15(16)11-13/h3-11H,1-2H3/b4-3+. The zero-order valence-electron chi connectivity index (χ0n) is 10.5. The Bertz CT molecular complexity index is 545. The van der Waals surface area contributed by atoms with Gasteiger partial charge in [-0.15, -0.1) is 0 Å². The maximum absolute atomic E-state index is 12.9. The molecule has 0 unspecified atom stereocenters. The monoisotopic (exact) mass is 242 g/mol. The molecule has 2 nitrogen and oxygen atoms in total. The molecule has 0 atom stereocenters. The minimum Gasteiger partial charge on any atom is -0.378 e. The predicted octanol–water partition coefficient (Wildman–Crippen LogP) is 3.46. The highest BCUT2D eigenvalue weighted by Gasteiger charge is 1.94. The topological polar surface area (TPSA) is 16.1 Å². The molecule has 1 aromatic heterocycles. The maximum Gasteiger partial charge on any atom is 0.213 e. The van der Waals surface area contributed by atoms with Crippen molar-refractivity contribution >= 4 is 17.8 Å². The molecule has 0 saturated heterocycles. The summed E-state index contributed by atoms with van der Waals surface area (Å²) in [4.78, 5) is 5.57. The fourth-order valence-electron chi connectivity index (χ4n) is 1.60. The van der Waals surface area contributed by atoms with E-state index in [-0.39, 0.29) is 0 Å². The van der Waals surface area contributed by atoms with Gasteiger partial charge >= 0.3 is 0 Å². The summed E-state index contributed by atoms with van der Waals surface area (Å²) in [6.07, 6.45) is 5.29. The highest BCUT2D eigenvalue weighted by Crippen LogP contribution is 2.14. The molecule has 18 heavy (non-hydrogen) atoms. The van der Waals surface area contributed by atoms with E-state index in [4.69, 9.17) is 0 Å². The Labute approximate surface area is 106 Å². The number of anilines is 1. The van der Waals surface area contributed by atoms with Gasteiger partial charge in [0.2, 0.25) is 5.95 Å². The smallest absolute Gasteiger partial charge is 0.213 e. The van der Waals surface area contributed by atoms with Crippen LogP contribution < -0.4 is 4.90 Å². The summed E-state index contributed by atoms with van der Waals surface area (Å²) in [7, 11) is 4.01. The molecule has 0 spiro atoms. The molecule has 0 saturated carbocycles. The molecule has 2 rings (SSSR count). The maximum atomic E-state index is 12.9. The van der Waals surface area contributed by atoms with Crippen molar-refractivity contribution in [3.05, 3.63) is 59.7 Å². The Kier molecular flexibility index (Phi) is 3.72. The Morgan fingerprint density at radius 3 is 2.28 bits per heavy atom. The van der Waals surface area contributed by atoms with Crippen LogP contribution >= 0.6 is 0 Å². The average molecular weight is 242 g/mol. The van der Waals surface area contributed by atoms with Crippen LogP contribution in [-0.4, -0.2) is 19.1 Å². The van der Waals surface area contributed by atoms with E-state index in [0.29, 0.717) is 0 Å². The second-order valence-corrected chi connectivity index (χ2v) is 4.23. The molecule has 92 valence electrons. The number of benzene rings is 1. The van der Waals surface area contributed by atoms with Crippen molar-refractivity contribution in [2.75, 3.05) is 19.0 Å². The summed E-state index contributed by atoms with van der Waals surface area (Å²) in [5, 5.41) is 0. The van der Waals surface area contributed by atoms with Gasteiger partial charge in [0.15, 0.2) is 0 Å². The lowest BCUT2D eigenvalue weighted by Gasteiger charge is -2.11. The Morgan fingerprint density at radius 1 is 1.00 bits per heavy atom. The molecule has 0 aliphatic heterocycles. The molecule has 0 radical (unpaired) electrons. The number of nitrogens with zero attached hydrogens (tertiary/aromatic N) is 2. The van der Waals surface area contributed by atoms with Crippen LogP contribution in [0.5, 0.6) is 0 Å². The van der Waals surface area contributed by atoms with Crippen LogP contribution in [0.2, 0.25) is 0 Å². The Hall–Kier alpha value is -2.16. The van der Waals surface area contributed by atoms with Gasteiger partial charge < -0.3 is 4.90 Å². The summed E-state index contributed by atoms with van der Waals surface area (Å²) in [5.74, 6) is -0.458. The average Bonchev–Trinajstić information content (AvgIpc) is 2.37. The summed E-state index contributed by atoms with van der Waals surface area (Å²) in [5.41, 5.74) is 3.04. The van der Waals surface area contributed by atoms with Crippen LogP contribution in [-0.2, 0) is 0 Å². The van der Waals surface area contributed by atoms with Crippen LogP contribution in [0, 0.1) is 5.95 Å². The Balaban J connectivity index is 2.14. The van der Waals surface area contributed by atoms with E-state index in [1.807, 2.05) is 55.4 Å². The highest BCUT2D eigenvalue weighted by atomic mass is 19.1. The van der Waals surface area contributed by atoms with E-state index < -0.39 is 5.95 Å². The SMILES string of the molecule is CN(C)c1ccc(/C=C/c2ccnc(F)c2)cc1. The van der Waals surface area contributed by atoms with E-state index in [0.717, 1.165) is 16.8 Å². The normalized spacial score (nSPS) is 10.8. The molecule has 2 aromatic rings. The van der Waals surface area contributed by atoms with E-state index in [9.17, 15) is 4.39 Å². The molecule has 1 aromatic carbocycles. The zero-order chi connectivity index (χ0) is 13.0. The first-order valence-corrected chi connectivity index (χ1v) is 5.72. The second kappa shape index (κ2) is 5.45. The Morgan fingerprint density at radius 2 is 1.67 bits per heavy atom. The number of rotatable bonds is 3. The van der Waals surface area contributed by atoms with Gasteiger partial charge in [0.05, 0.1) is 0 Å². The number of aromatic nitrogens is 1. The summed E-state index contributed by atoms with van der Waals surface area (Å²) in [6, 6.07) is 11.3. The first-order chi connectivity index (χ1) is 8.65. The third-order valence-corrected chi connectivity index (χ3v) is 2.63. The highest BCUT2D eigenvalue weighted by molar-refractivity contribution is 5.70. The molecular formula is C15H15FN2. The lowest BCUT2D eigenvalue weighted by molar-refractivity contribution is 0.583. The van der Waals surface area contributed by atoms with Gasteiger partial charge in [-0.3, -0.25) is 0 Å². The molecule has 0 fully saturated rings. The van der Waals surface area contributed by atoms with Crippen LogP contribution in [0.15, 0.2) is 42.6 Å². The van der Waals surface area contributed by atoms with Crippen molar-refractivity contribution in [1.82, 2.24) is 4.98 Å². The van der Waals surface area contributed by atoms with Gasteiger partial charge in [0.1, 0.15) is 0 Å². The number of halogens is 1. The molecule has 0 bridgehead atoms. The van der Waals surface area contributed by atoms with E-state index >= 15 is 0 Å². The first kappa shape index (κ1) is 12.3. The molecule has 0 amide bonds. The van der Waals surface area contributed by atoms with Gasteiger partial charge in [-0.2, -0.15) is 4.39 Å². The van der Waals surface area contributed by atoms with Crippen molar-refractivity contribution in [3.8, 4) is 0 Å². The third-order valence-electron chi connectivity index (χ3n) is 2.63. The molecule has 0 N–H and O–H groups in total. The fraction of sp³-hybridized carbons (Fsp3) is 0.133. The minimum absolute atomic E-state index is 0.458. The van der Waals surface area contributed by atoms with Crippen molar-refractivity contribution in [3.63, 3.8) is 0 Å². The largest absolute Gasteiger partial charge is 0.378 e. The number of pyridine rings is 1. The predicted molar refractivity (Wildman–Crippen MR) is 73.9 cm³/mol. The second-order valence-electron chi connectivity index (χ2n) is 4.23. The van der Waals surface area contributed by atoms with Crippen LogP contribution in [0.4, 0.5) is 10.1 Å². The van der Waals surface area contributed by atoms with Gasteiger partial charge in [-0.1, -0.05) is 24.3 Å². The zero-order valence-corrected chi connectivity index (χ0v) is 10.5. The number of hydrogen-bond donors (Lipinski definition) is 0. The quantitative estimate of drug-likeness (QED) is 0.766. The minimum atomic E-state index is -0.458. The van der Waals surface area contributed by atoms with Crippen molar-refractivity contribution in [2.24, 2.45) is 0 Å². The molecule has 3 heteroatoms. The van der Waals surface area contributed by atoms with Crippen molar-refractivity contribution in [2.45, 2.75) is 0 Å². The van der Waals surface area contributed by atoms with E-state index in [2.05, 4.69) is 4.98 Å². The van der Waals surface area contributed by atoms with E-state index in [1.165, 1.54) is 12.3 Å². The summed E-state index contributed by atoms with van der Waals surface area (Å²) < 4.78 is 12.9. The lowest BCUT2D eigenvalue weighted by atomic mass is 10.1. The summed E-state index contributed by atoms with van der Waals surface area (Å²) >= 11 is 0. The van der Waals surface area contributed by atoms with Gasteiger partial charge in [-0.05, 0) is 29.3 Å². The lowest BCUT2D eigenvalue weighted by Crippen LogP contribution is -2.07. The van der Waals surface area contributed by atoms with Crippen LogP contribution in [0.25, 0.3) is 12.2 Å². The molecule has 0 aliphatic carbocycles. The fourth-order valence-corrected chi connectivity index (χ4v) is 1.60. The molecular weight excluding hydrogens is 227 g/mol. The van der Waals surface area contributed by atoms with Gasteiger partial charge in [0.25, 0.3) is 0 Å². The van der Waals surface area contributed by atoms with Crippen molar-refractivity contribution < 1.29 is 4.39 Å². The van der Waals surface area contributed by atoms with Crippen LogP contribution in [0.3, 0.4) is 0 Å². The van der Waals surface area contributed by atoms with Gasteiger partial charge in [0, 0.05) is 32.0 Å². The molecule has 0 aliphatic rings. The number of hydrogen-bond acceptors (Lipinski definition) is 2. The first-order valence-electron chi connectivity index (χ1n) is 5.72. The third kappa shape index (κ3) is 3.17. The van der Waals surface area contributed by atoms with E-state index in [1.54, 1.807) is 6.07 Å². The van der Waals surface area contributed by atoms with Gasteiger partial charge in [-0.25, -0.2) is 4.98 Å².